The van der Waals surface area contributed by atoms with Crippen LogP contribution in [-0.4, -0.2) is 18.3 Å². The van der Waals surface area contributed by atoms with Crippen molar-refractivity contribution in [2.75, 3.05) is 0 Å². The number of nitrogens with zero attached hydrogens (tertiary/aromatic N) is 4. The zero-order valence-corrected chi connectivity index (χ0v) is 60.3. The van der Waals surface area contributed by atoms with Gasteiger partial charge in [-0.3, -0.25) is 0 Å². The first-order valence-corrected chi connectivity index (χ1v) is 38.9. The molecule has 0 unspecified atom stereocenters. The third-order valence-electron chi connectivity index (χ3n) is 23.2. The van der Waals surface area contributed by atoms with Gasteiger partial charge in [-0.15, -0.1) is 22.7 Å². The Bertz CT molecular complexity index is 7920. The summed E-state index contributed by atoms with van der Waals surface area (Å²) in [6, 6.07) is 135. The van der Waals surface area contributed by atoms with Crippen LogP contribution in [-0.2, 0) is 0 Å². The smallest absolute Gasteiger partial charge is 0.160 e. The van der Waals surface area contributed by atoms with E-state index in [0.717, 1.165) is 77.8 Å². The summed E-state index contributed by atoms with van der Waals surface area (Å²) in [5.74, 6) is 0. The van der Waals surface area contributed by atoms with Crippen LogP contribution in [0.3, 0.4) is 0 Å². The number of hydrogen-bond acceptors (Lipinski definition) is 3. The number of hydrogen-bond donors (Lipinski definition) is 0. The van der Waals surface area contributed by atoms with Gasteiger partial charge in [0.25, 0.3) is 0 Å². The summed E-state index contributed by atoms with van der Waals surface area (Å²) in [6.45, 7) is 0. The summed E-state index contributed by atoms with van der Waals surface area (Å²) in [4.78, 5) is 0. The maximum absolute atomic E-state index is 6.91. The van der Waals surface area contributed by atoms with Crippen molar-refractivity contribution in [2.24, 2.45) is 0 Å². The monoisotopic (exact) mass is 1420 g/mol. The van der Waals surface area contributed by atoms with E-state index >= 15 is 0 Å². The minimum atomic E-state index is 0.883. The second kappa shape index (κ2) is 23.3. The lowest BCUT2D eigenvalue weighted by Crippen LogP contribution is -1.95. The first kappa shape index (κ1) is 60.4. The number of fused-ring (bicyclic) bond motifs is 24. The van der Waals surface area contributed by atoms with Crippen LogP contribution in [0.2, 0.25) is 0 Å². The minimum absolute atomic E-state index is 0.883. The standard InChI is InChI=1S/C102H60N4OS2/c1-2-14-61(15-3-1)68-39-56-92-87(58-68)77-18-6-9-21-89(77)103(92)71-41-30-64(31-42-71)62-26-28-63(29-27-62)65-36-47-74(48-37-65)106-93-60-70(38-49-78(93)81-50-53-84-79-19-7-12-24-94(79)107-100(84)97(81)106)69-40-57-96-88(59-69)86-55-52-83-76-17-5-11-23-91(76)105(99(83)102(86)109-96)73-45-34-67(35-46-73)66-32-43-72(44-33-66)104-90-22-10-4-16-75(90)82-51-54-85-80-20-8-13-25-95(80)108-101(85)98(82)104/h1-60H. The molecule has 0 amide bonds. The van der Waals surface area contributed by atoms with Gasteiger partial charge in [0.2, 0.25) is 0 Å². The molecule has 109 heavy (non-hydrogen) atoms. The first-order chi connectivity index (χ1) is 54.0. The summed E-state index contributed by atoms with van der Waals surface area (Å²) in [6.07, 6.45) is 0. The van der Waals surface area contributed by atoms with E-state index in [-0.39, 0.29) is 0 Å². The molecule has 0 aliphatic rings. The lowest BCUT2D eigenvalue weighted by molar-refractivity contribution is 0.671. The highest BCUT2D eigenvalue weighted by Gasteiger charge is 2.24. The third-order valence-corrected chi connectivity index (χ3v) is 25.6. The SMILES string of the molecule is c1ccc(-c2ccc3c(c2)c2ccccc2n3-c2ccc(-c3ccc(-c4ccc(-n5c6cc(-c7ccc8sc9c(ccc%10c%11ccccc%11n(-c%11ccc(-c%12ccc(-n%13c%14ccccc%14c%14ccc%15c%16ccccc%16sc%15c%14%13)cc%12)cc%11)c%109)c8c7)ccc6c6ccc7c8ccccc8oc7c65)cc4)cc3)cc2)cc1. The third kappa shape index (κ3) is 9.06. The molecule has 7 heteroatoms. The first-order valence-electron chi connectivity index (χ1n) is 37.3. The molecule has 7 aromatic heterocycles. The lowest BCUT2D eigenvalue weighted by Gasteiger charge is -2.12. The fraction of sp³-hybridized carbons (Fsp3) is 0. The Morgan fingerprint density at radius 2 is 0.523 bits per heavy atom. The predicted octanol–water partition coefficient (Wildman–Crippen LogP) is 29.0. The maximum atomic E-state index is 6.91. The predicted molar refractivity (Wildman–Crippen MR) is 464 cm³/mol. The van der Waals surface area contributed by atoms with Crippen molar-refractivity contribution >= 4 is 172 Å². The molecule has 0 radical (unpaired) electrons. The second-order valence-electron chi connectivity index (χ2n) is 29.0. The lowest BCUT2D eigenvalue weighted by atomic mass is 10.00. The Kier molecular flexibility index (Phi) is 12.9. The van der Waals surface area contributed by atoms with Crippen LogP contribution in [0.5, 0.6) is 0 Å². The van der Waals surface area contributed by atoms with Crippen molar-refractivity contribution in [1.82, 2.24) is 18.3 Å². The van der Waals surface area contributed by atoms with Gasteiger partial charge in [-0.2, -0.15) is 0 Å². The molecule has 0 aliphatic heterocycles. The Hall–Kier alpha value is -13.8. The molecule has 17 aromatic carbocycles. The average molecular weight is 1420 g/mol. The molecule has 24 aromatic rings. The number of furan rings is 1. The van der Waals surface area contributed by atoms with Gasteiger partial charge < -0.3 is 22.7 Å². The van der Waals surface area contributed by atoms with Gasteiger partial charge in [-0.1, -0.05) is 249 Å². The summed E-state index contributed by atoms with van der Waals surface area (Å²) >= 11 is 3.78. The zero-order chi connectivity index (χ0) is 71.1. The number of rotatable bonds is 9. The van der Waals surface area contributed by atoms with E-state index in [9.17, 15) is 0 Å². The van der Waals surface area contributed by atoms with Gasteiger partial charge in [0.15, 0.2) is 5.58 Å². The summed E-state index contributed by atoms with van der Waals surface area (Å²) in [5, 5.41) is 17.2. The van der Waals surface area contributed by atoms with Gasteiger partial charge in [0, 0.05) is 108 Å². The Morgan fingerprint density at radius 1 is 0.183 bits per heavy atom. The van der Waals surface area contributed by atoms with Crippen molar-refractivity contribution in [3.05, 3.63) is 364 Å². The van der Waals surface area contributed by atoms with Crippen molar-refractivity contribution in [3.8, 4) is 78.4 Å². The number of aromatic nitrogens is 4. The Morgan fingerprint density at radius 3 is 1.10 bits per heavy atom. The van der Waals surface area contributed by atoms with Gasteiger partial charge in [0.05, 0.1) is 53.5 Å². The quantitative estimate of drug-likeness (QED) is 0.142. The highest BCUT2D eigenvalue weighted by atomic mass is 32.1. The highest BCUT2D eigenvalue weighted by molar-refractivity contribution is 7.27. The van der Waals surface area contributed by atoms with Crippen LogP contribution in [0.4, 0.5) is 0 Å². The van der Waals surface area contributed by atoms with Gasteiger partial charge in [-0.25, -0.2) is 0 Å². The molecule has 0 spiro atoms. The van der Waals surface area contributed by atoms with Crippen molar-refractivity contribution < 1.29 is 4.42 Å². The molecule has 5 nitrogen and oxygen atoms in total. The molecule has 0 saturated heterocycles. The zero-order valence-electron chi connectivity index (χ0n) is 58.7. The Labute approximate surface area is 632 Å². The van der Waals surface area contributed by atoms with Crippen molar-refractivity contribution in [1.29, 1.82) is 0 Å². The molecule has 506 valence electrons. The molecular formula is C102H60N4OS2. The maximum Gasteiger partial charge on any atom is 0.160 e. The van der Waals surface area contributed by atoms with Crippen LogP contribution >= 0.6 is 22.7 Å². The van der Waals surface area contributed by atoms with Crippen molar-refractivity contribution in [3.63, 3.8) is 0 Å². The number of para-hydroxylation sites is 4. The fourth-order valence-corrected chi connectivity index (χ4v) is 20.5. The van der Waals surface area contributed by atoms with E-state index in [4.69, 9.17) is 4.42 Å². The largest absolute Gasteiger partial charge is 0.454 e. The summed E-state index contributed by atoms with van der Waals surface area (Å²) in [5.41, 5.74) is 27.5. The average Bonchev–Trinajstić information content (AvgIpc) is 1.57. The van der Waals surface area contributed by atoms with Crippen LogP contribution in [0.25, 0.3) is 228 Å². The molecule has 0 bridgehead atoms. The van der Waals surface area contributed by atoms with E-state index in [0.29, 0.717) is 0 Å². The topological polar surface area (TPSA) is 32.9 Å². The molecular weight excluding hydrogens is 1360 g/mol. The van der Waals surface area contributed by atoms with Crippen LogP contribution in [0, 0.1) is 0 Å². The fourth-order valence-electron chi connectivity index (χ4n) is 18.1. The molecule has 0 N–H and O–H groups in total. The normalized spacial score (nSPS) is 12.2. The summed E-state index contributed by atoms with van der Waals surface area (Å²) < 4.78 is 21.9. The minimum Gasteiger partial charge on any atom is -0.454 e. The Balaban J connectivity index is 0.563. The van der Waals surface area contributed by atoms with Crippen LogP contribution < -0.4 is 0 Å². The van der Waals surface area contributed by atoms with E-state index in [1.807, 2.05) is 22.7 Å². The van der Waals surface area contributed by atoms with E-state index in [2.05, 4.69) is 382 Å². The molecule has 0 saturated carbocycles. The van der Waals surface area contributed by atoms with Crippen LogP contribution in [0.15, 0.2) is 368 Å². The molecule has 0 aliphatic carbocycles. The molecule has 7 heterocycles. The molecule has 0 fully saturated rings. The molecule has 0 atom stereocenters. The highest BCUT2D eigenvalue weighted by Crippen LogP contribution is 2.49. The number of thiophene rings is 2. The van der Waals surface area contributed by atoms with Crippen molar-refractivity contribution in [2.45, 2.75) is 0 Å². The van der Waals surface area contributed by atoms with Gasteiger partial charge in [-0.05, 0) is 171 Å². The van der Waals surface area contributed by atoms with E-state index in [1.54, 1.807) is 0 Å². The summed E-state index contributed by atoms with van der Waals surface area (Å²) in [7, 11) is 0. The van der Waals surface area contributed by atoms with Gasteiger partial charge >= 0.3 is 0 Å². The number of benzene rings is 17. The van der Waals surface area contributed by atoms with E-state index in [1.165, 1.54) is 150 Å². The van der Waals surface area contributed by atoms with Crippen LogP contribution in [0.1, 0.15) is 0 Å². The second-order valence-corrected chi connectivity index (χ2v) is 31.1. The molecule has 24 rings (SSSR count). The van der Waals surface area contributed by atoms with Gasteiger partial charge in [0.1, 0.15) is 5.58 Å². The van der Waals surface area contributed by atoms with E-state index < -0.39 is 0 Å².